The summed E-state index contributed by atoms with van der Waals surface area (Å²) in [7, 11) is 0. The first-order valence-electron chi connectivity index (χ1n) is 8.58. The number of rotatable bonds is 7. The zero-order valence-electron chi connectivity index (χ0n) is 15.3. The van der Waals surface area contributed by atoms with Crippen molar-refractivity contribution in [3.63, 3.8) is 0 Å². The Hall–Kier alpha value is -2.88. The maximum atomic E-state index is 12.4. The third-order valence-electron chi connectivity index (χ3n) is 3.86. The second-order valence-corrected chi connectivity index (χ2v) is 8.16. The van der Waals surface area contributed by atoms with E-state index >= 15 is 0 Å². The van der Waals surface area contributed by atoms with E-state index in [1.165, 1.54) is 0 Å². The van der Waals surface area contributed by atoms with Crippen LogP contribution < -0.4 is 10.1 Å². The quantitative estimate of drug-likeness (QED) is 0.479. The number of carbonyl (C=O) groups is 3. The smallest absolute Gasteiger partial charge is 0.323 e. The number of thioether (sulfide) groups is 1. The van der Waals surface area contributed by atoms with Gasteiger partial charge in [0.15, 0.2) is 6.61 Å². The van der Waals surface area contributed by atoms with Crippen molar-refractivity contribution < 1.29 is 24.2 Å². The second-order valence-electron chi connectivity index (χ2n) is 6.04. The first-order valence-corrected chi connectivity index (χ1v) is 10.2. The lowest BCUT2D eigenvalue weighted by atomic mass is 10.2. The lowest BCUT2D eigenvalue weighted by Crippen LogP contribution is -2.33. The SMILES string of the molecule is O=C(O)CN1C(=O)/C(=C/c2ccccc2OCC(=O)Nc2ccc(Cl)cc2)SC1=S. The molecule has 2 amide bonds. The predicted octanol–water partition coefficient (Wildman–Crippen LogP) is 3.64. The van der Waals surface area contributed by atoms with E-state index in [0.717, 1.165) is 16.7 Å². The summed E-state index contributed by atoms with van der Waals surface area (Å²) in [6.07, 6.45) is 1.56. The number of carboxylic acid groups (broad SMARTS) is 1. The summed E-state index contributed by atoms with van der Waals surface area (Å²) in [5, 5.41) is 12.2. The molecule has 3 rings (SSSR count). The van der Waals surface area contributed by atoms with Crippen LogP contribution >= 0.6 is 35.6 Å². The van der Waals surface area contributed by atoms with Gasteiger partial charge in [-0.1, -0.05) is 53.8 Å². The standard InChI is InChI=1S/C20H15ClN2O5S2/c21-13-5-7-14(8-6-13)22-17(24)11-28-15-4-2-1-3-12(15)9-16-19(27)23(10-18(25)26)20(29)30-16/h1-9H,10-11H2,(H,22,24)(H,25,26)/b16-9-. The number of anilines is 1. The molecule has 10 heteroatoms. The summed E-state index contributed by atoms with van der Waals surface area (Å²) in [5.41, 5.74) is 1.15. The average Bonchev–Trinajstić information content (AvgIpc) is 2.96. The summed E-state index contributed by atoms with van der Waals surface area (Å²) >= 11 is 11.9. The Morgan fingerprint density at radius 2 is 1.90 bits per heavy atom. The van der Waals surface area contributed by atoms with Crippen molar-refractivity contribution in [3.05, 3.63) is 64.0 Å². The fraction of sp³-hybridized carbons (Fsp3) is 0.100. The molecule has 7 nitrogen and oxygen atoms in total. The molecule has 30 heavy (non-hydrogen) atoms. The van der Waals surface area contributed by atoms with Crippen LogP contribution in [0.3, 0.4) is 0 Å². The Kier molecular flexibility index (Phi) is 7.09. The highest BCUT2D eigenvalue weighted by Crippen LogP contribution is 2.34. The Morgan fingerprint density at radius 3 is 2.60 bits per heavy atom. The van der Waals surface area contributed by atoms with Crippen LogP contribution in [0.15, 0.2) is 53.4 Å². The van der Waals surface area contributed by atoms with Crippen LogP contribution in [0, 0.1) is 0 Å². The number of hydrogen-bond acceptors (Lipinski definition) is 6. The minimum atomic E-state index is -1.15. The van der Waals surface area contributed by atoms with Crippen molar-refractivity contribution in [1.82, 2.24) is 4.90 Å². The van der Waals surface area contributed by atoms with Crippen molar-refractivity contribution >= 4 is 69.4 Å². The number of halogens is 1. The van der Waals surface area contributed by atoms with Gasteiger partial charge in [0.05, 0.1) is 4.91 Å². The number of amides is 2. The second kappa shape index (κ2) is 9.75. The molecule has 154 valence electrons. The van der Waals surface area contributed by atoms with E-state index in [4.69, 9.17) is 33.7 Å². The summed E-state index contributed by atoms with van der Waals surface area (Å²) < 4.78 is 5.79. The van der Waals surface area contributed by atoms with Crippen molar-refractivity contribution in [1.29, 1.82) is 0 Å². The van der Waals surface area contributed by atoms with Crippen LogP contribution in [-0.2, 0) is 14.4 Å². The lowest BCUT2D eigenvalue weighted by Gasteiger charge is -2.11. The van der Waals surface area contributed by atoms with Gasteiger partial charge in [0.25, 0.3) is 11.8 Å². The Bertz CT molecular complexity index is 1040. The van der Waals surface area contributed by atoms with E-state index in [2.05, 4.69) is 5.32 Å². The highest BCUT2D eigenvalue weighted by Gasteiger charge is 2.33. The van der Waals surface area contributed by atoms with Gasteiger partial charge in [-0.2, -0.15) is 0 Å². The van der Waals surface area contributed by atoms with E-state index in [1.54, 1.807) is 54.6 Å². The first-order chi connectivity index (χ1) is 14.3. The highest BCUT2D eigenvalue weighted by molar-refractivity contribution is 8.26. The molecule has 1 aliphatic heterocycles. The molecular formula is C20H15ClN2O5S2. The molecule has 1 heterocycles. The van der Waals surface area contributed by atoms with E-state index < -0.39 is 18.4 Å². The first kappa shape index (κ1) is 21.8. The number of para-hydroxylation sites is 1. The molecule has 0 aliphatic carbocycles. The molecule has 0 radical (unpaired) electrons. The summed E-state index contributed by atoms with van der Waals surface area (Å²) in [4.78, 5) is 36.8. The molecule has 0 saturated carbocycles. The van der Waals surface area contributed by atoms with Crippen LogP contribution in [0.4, 0.5) is 5.69 Å². The molecule has 2 N–H and O–H groups in total. The highest BCUT2D eigenvalue weighted by atomic mass is 35.5. The predicted molar refractivity (Wildman–Crippen MR) is 120 cm³/mol. The summed E-state index contributed by atoms with van der Waals surface area (Å²) in [6, 6.07) is 13.5. The molecule has 0 atom stereocenters. The van der Waals surface area contributed by atoms with E-state index in [0.29, 0.717) is 22.0 Å². The number of carboxylic acids is 1. The van der Waals surface area contributed by atoms with Gasteiger partial charge < -0.3 is 15.2 Å². The molecule has 0 bridgehead atoms. The van der Waals surface area contributed by atoms with Gasteiger partial charge in [-0.3, -0.25) is 19.3 Å². The Balaban J connectivity index is 1.69. The normalized spacial score (nSPS) is 14.8. The zero-order valence-corrected chi connectivity index (χ0v) is 17.7. The van der Waals surface area contributed by atoms with Gasteiger partial charge in [0.2, 0.25) is 0 Å². The van der Waals surface area contributed by atoms with Gasteiger partial charge in [0.1, 0.15) is 16.6 Å². The summed E-state index contributed by atoms with van der Waals surface area (Å²) in [6.45, 7) is -0.738. The number of nitrogens with zero attached hydrogens (tertiary/aromatic N) is 1. The monoisotopic (exact) mass is 462 g/mol. The number of thiocarbonyl (C=S) groups is 1. The molecule has 0 aromatic heterocycles. The topological polar surface area (TPSA) is 95.9 Å². The molecule has 0 spiro atoms. The van der Waals surface area contributed by atoms with Gasteiger partial charge in [-0.25, -0.2) is 0 Å². The number of hydrogen-bond donors (Lipinski definition) is 2. The molecule has 2 aromatic carbocycles. The molecule has 1 fully saturated rings. The van der Waals surface area contributed by atoms with E-state index in [-0.39, 0.29) is 21.7 Å². The molecule has 2 aromatic rings. The number of ether oxygens (including phenoxy) is 1. The average molecular weight is 463 g/mol. The molecule has 1 aliphatic rings. The molecule has 0 unspecified atom stereocenters. The number of nitrogens with one attached hydrogen (secondary N) is 1. The fourth-order valence-electron chi connectivity index (χ4n) is 2.52. The Labute approximate surface area is 186 Å². The van der Waals surface area contributed by atoms with Crippen LogP contribution in [0.5, 0.6) is 5.75 Å². The van der Waals surface area contributed by atoms with Crippen molar-refractivity contribution in [2.24, 2.45) is 0 Å². The van der Waals surface area contributed by atoms with Crippen LogP contribution in [0.25, 0.3) is 6.08 Å². The third kappa shape index (κ3) is 5.59. The minimum Gasteiger partial charge on any atom is -0.483 e. The number of benzene rings is 2. The van der Waals surface area contributed by atoms with Crippen LogP contribution in [0.1, 0.15) is 5.56 Å². The van der Waals surface area contributed by atoms with E-state index in [9.17, 15) is 14.4 Å². The fourth-order valence-corrected chi connectivity index (χ4v) is 3.89. The lowest BCUT2D eigenvalue weighted by molar-refractivity contribution is -0.140. The van der Waals surface area contributed by atoms with Gasteiger partial charge in [0, 0.05) is 16.3 Å². The molecular weight excluding hydrogens is 448 g/mol. The zero-order chi connectivity index (χ0) is 21.7. The maximum Gasteiger partial charge on any atom is 0.323 e. The van der Waals surface area contributed by atoms with E-state index in [1.807, 2.05) is 0 Å². The number of aliphatic carboxylic acids is 1. The molecule has 1 saturated heterocycles. The maximum absolute atomic E-state index is 12.4. The van der Waals surface area contributed by atoms with Gasteiger partial charge in [-0.15, -0.1) is 0 Å². The Morgan fingerprint density at radius 1 is 1.20 bits per heavy atom. The third-order valence-corrected chi connectivity index (χ3v) is 5.49. The van der Waals surface area contributed by atoms with Crippen LogP contribution in [-0.4, -0.2) is 45.3 Å². The summed E-state index contributed by atoms with van der Waals surface area (Å²) in [5.74, 6) is -1.60. The van der Waals surface area contributed by atoms with Crippen molar-refractivity contribution in [2.75, 3.05) is 18.5 Å². The van der Waals surface area contributed by atoms with Gasteiger partial charge in [-0.05, 0) is 36.4 Å². The van der Waals surface area contributed by atoms with Crippen molar-refractivity contribution in [2.45, 2.75) is 0 Å². The number of carbonyl (C=O) groups excluding carboxylic acids is 2. The van der Waals surface area contributed by atoms with Gasteiger partial charge >= 0.3 is 5.97 Å². The van der Waals surface area contributed by atoms with Crippen molar-refractivity contribution in [3.8, 4) is 5.75 Å². The largest absolute Gasteiger partial charge is 0.483 e. The van der Waals surface area contributed by atoms with Crippen LogP contribution in [0.2, 0.25) is 5.02 Å². The minimum absolute atomic E-state index is 0.175.